The maximum absolute atomic E-state index is 12.0. The van der Waals surface area contributed by atoms with E-state index < -0.39 is 0 Å². The second-order valence-electron chi connectivity index (χ2n) is 8.34. The number of benzene rings is 1. The van der Waals surface area contributed by atoms with Crippen LogP contribution in [-0.2, 0) is 16.1 Å². The molecule has 4 heterocycles. The van der Waals surface area contributed by atoms with Crippen LogP contribution in [0.25, 0.3) is 22.2 Å². The van der Waals surface area contributed by atoms with Crippen LogP contribution in [0.5, 0.6) is 0 Å². The van der Waals surface area contributed by atoms with E-state index in [1.807, 2.05) is 18.2 Å². The van der Waals surface area contributed by atoms with Gasteiger partial charge < -0.3 is 10.6 Å². The van der Waals surface area contributed by atoms with Crippen molar-refractivity contribution >= 4 is 46.8 Å². The molecule has 2 aliphatic rings. The standard InChI is InChI=1S/C24H21N7O2S/c32-20-11-15(22(33)28-20)10-16-13-26-31-21(16)29-23(30-24(31)27-17-7-8-17)25-12-14-4-1-2-5-18(14)19-6-3-9-34-19/h1-6,9-10,13,17H,7-8,11-12H2,(H,28,32,33)(H2,25,27,29,30)/b15-10+. The van der Waals surface area contributed by atoms with Gasteiger partial charge in [-0.2, -0.15) is 19.6 Å². The Hall–Kier alpha value is -4.05. The Morgan fingerprint density at radius 3 is 2.79 bits per heavy atom. The van der Waals surface area contributed by atoms with Crippen LogP contribution in [0, 0.1) is 0 Å². The molecule has 9 nitrogen and oxygen atoms in total. The minimum atomic E-state index is -0.377. The van der Waals surface area contributed by atoms with E-state index in [9.17, 15) is 9.59 Å². The Morgan fingerprint density at radius 1 is 1.15 bits per heavy atom. The van der Waals surface area contributed by atoms with Crippen molar-refractivity contribution in [3.05, 3.63) is 64.7 Å². The van der Waals surface area contributed by atoms with Gasteiger partial charge in [0.05, 0.1) is 12.6 Å². The second-order valence-corrected chi connectivity index (χ2v) is 9.28. The van der Waals surface area contributed by atoms with Gasteiger partial charge in [0.1, 0.15) is 0 Å². The third kappa shape index (κ3) is 4.03. The molecule has 1 saturated carbocycles. The number of carbonyl (C=O) groups is 2. The molecule has 6 rings (SSSR count). The van der Waals surface area contributed by atoms with Gasteiger partial charge in [0.15, 0.2) is 5.65 Å². The fraction of sp³-hybridized carbons (Fsp3) is 0.208. The molecule has 3 N–H and O–H groups in total. The van der Waals surface area contributed by atoms with Gasteiger partial charge in [-0.25, -0.2) is 0 Å². The molecule has 1 aromatic carbocycles. The first-order valence-corrected chi connectivity index (χ1v) is 11.9. The molecule has 1 aliphatic carbocycles. The van der Waals surface area contributed by atoms with Crippen LogP contribution in [0.2, 0.25) is 0 Å². The predicted molar refractivity (Wildman–Crippen MR) is 130 cm³/mol. The van der Waals surface area contributed by atoms with Crippen molar-refractivity contribution in [1.29, 1.82) is 0 Å². The zero-order chi connectivity index (χ0) is 23.1. The number of rotatable bonds is 7. The van der Waals surface area contributed by atoms with Crippen LogP contribution in [-0.4, -0.2) is 37.4 Å². The van der Waals surface area contributed by atoms with E-state index in [1.165, 1.54) is 10.4 Å². The number of nitrogens with one attached hydrogen (secondary N) is 3. The van der Waals surface area contributed by atoms with Gasteiger partial charge in [-0.15, -0.1) is 11.3 Å². The van der Waals surface area contributed by atoms with Gasteiger partial charge in [-0.1, -0.05) is 30.3 Å². The number of imide groups is 1. The molecular weight excluding hydrogens is 450 g/mol. The first-order chi connectivity index (χ1) is 16.6. The minimum Gasteiger partial charge on any atom is -0.351 e. The Morgan fingerprint density at radius 2 is 2.03 bits per heavy atom. The molecule has 1 saturated heterocycles. The lowest BCUT2D eigenvalue weighted by molar-refractivity contribution is -0.124. The second kappa shape index (κ2) is 8.38. The first-order valence-electron chi connectivity index (χ1n) is 11.1. The summed E-state index contributed by atoms with van der Waals surface area (Å²) in [6.07, 6.45) is 5.54. The highest BCUT2D eigenvalue weighted by Crippen LogP contribution is 2.29. The fourth-order valence-corrected chi connectivity index (χ4v) is 4.70. The summed E-state index contributed by atoms with van der Waals surface area (Å²) in [5.74, 6) is 0.380. The van der Waals surface area contributed by atoms with E-state index in [0.29, 0.717) is 41.3 Å². The lowest BCUT2D eigenvalue weighted by atomic mass is 10.1. The van der Waals surface area contributed by atoms with Crippen LogP contribution in [0.15, 0.2) is 53.5 Å². The van der Waals surface area contributed by atoms with Crippen molar-refractivity contribution in [2.24, 2.45) is 0 Å². The molecule has 0 bridgehead atoms. The number of thiophene rings is 1. The summed E-state index contributed by atoms with van der Waals surface area (Å²) >= 11 is 1.70. The van der Waals surface area contributed by atoms with Crippen molar-refractivity contribution in [1.82, 2.24) is 24.9 Å². The molecule has 10 heteroatoms. The largest absolute Gasteiger partial charge is 0.351 e. The van der Waals surface area contributed by atoms with Crippen molar-refractivity contribution in [3.63, 3.8) is 0 Å². The molecule has 3 aromatic heterocycles. The topological polar surface area (TPSA) is 113 Å². The number of nitrogens with zero attached hydrogens (tertiary/aromatic N) is 4. The van der Waals surface area contributed by atoms with Gasteiger partial charge >= 0.3 is 0 Å². The van der Waals surface area contributed by atoms with Crippen molar-refractivity contribution in [3.8, 4) is 10.4 Å². The summed E-state index contributed by atoms with van der Waals surface area (Å²) in [7, 11) is 0. The molecule has 4 aromatic rings. The molecule has 170 valence electrons. The molecule has 0 radical (unpaired) electrons. The normalized spacial score (nSPS) is 16.9. The molecule has 0 spiro atoms. The number of hydrogen-bond acceptors (Lipinski definition) is 8. The van der Waals surface area contributed by atoms with Gasteiger partial charge in [-0.05, 0) is 41.5 Å². The number of hydrogen-bond donors (Lipinski definition) is 3. The SMILES string of the molecule is O=C1C/C(=C\c2cnn3c(NC4CC4)nc(NCc4ccccc4-c4cccs4)nc23)C(=O)N1. The maximum Gasteiger partial charge on any atom is 0.254 e. The van der Waals surface area contributed by atoms with Crippen LogP contribution < -0.4 is 16.0 Å². The van der Waals surface area contributed by atoms with Crippen LogP contribution in [0.4, 0.5) is 11.9 Å². The molecule has 1 aliphatic heterocycles. The van der Waals surface area contributed by atoms with Crippen molar-refractivity contribution in [2.45, 2.75) is 31.8 Å². The number of aromatic nitrogens is 4. The molecular formula is C24H21N7O2S. The van der Waals surface area contributed by atoms with Crippen LogP contribution in [0.3, 0.4) is 0 Å². The van der Waals surface area contributed by atoms with Gasteiger partial charge in [-0.3, -0.25) is 14.9 Å². The third-order valence-corrected chi connectivity index (χ3v) is 6.68. The van der Waals surface area contributed by atoms with E-state index in [2.05, 4.69) is 49.6 Å². The molecule has 0 atom stereocenters. The predicted octanol–water partition coefficient (Wildman–Crippen LogP) is 3.47. The summed E-state index contributed by atoms with van der Waals surface area (Å²) < 4.78 is 1.64. The summed E-state index contributed by atoms with van der Waals surface area (Å²) in [6, 6.07) is 12.8. The molecule has 0 unspecified atom stereocenters. The van der Waals surface area contributed by atoms with E-state index in [0.717, 1.165) is 18.4 Å². The zero-order valence-corrected chi connectivity index (χ0v) is 18.9. The highest BCUT2D eigenvalue weighted by Gasteiger charge is 2.26. The first kappa shape index (κ1) is 20.5. The summed E-state index contributed by atoms with van der Waals surface area (Å²) in [6.45, 7) is 0.550. The molecule has 2 amide bonds. The van der Waals surface area contributed by atoms with E-state index in [1.54, 1.807) is 28.1 Å². The fourth-order valence-electron chi connectivity index (χ4n) is 3.91. The van der Waals surface area contributed by atoms with E-state index in [4.69, 9.17) is 4.98 Å². The highest BCUT2D eigenvalue weighted by atomic mass is 32.1. The molecule has 34 heavy (non-hydrogen) atoms. The number of carbonyl (C=O) groups excluding carboxylic acids is 2. The van der Waals surface area contributed by atoms with Gasteiger partial charge in [0, 0.05) is 28.6 Å². The summed E-state index contributed by atoms with van der Waals surface area (Å²) in [5, 5.41) is 15.6. The Balaban J connectivity index is 1.34. The monoisotopic (exact) mass is 471 g/mol. The lowest BCUT2D eigenvalue weighted by Crippen LogP contribution is -2.19. The van der Waals surface area contributed by atoms with E-state index >= 15 is 0 Å². The molecule has 2 fully saturated rings. The Bertz CT molecular complexity index is 1440. The van der Waals surface area contributed by atoms with Crippen molar-refractivity contribution < 1.29 is 9.59 Å². The Labute approximate surface area is 198 Å². The van der Waals surface area contributed by atoms with Crippen LogP contribution in [0.1, 0.15) is 30.4 Å². The number of amides is 2. The minimum absolute atomic E-state index is 0.0546. The number of anilines is 2. The third-order valence-electron chi connectivity index (χ3n) is 5.77. The van der Waals surface area contributed by atoms with Crippen LogP contribution >= 0.6 is 11.3 Å². The summed E-state index contributed by atoms with van der Waals surface area (Å²) in [4.78, 5) is 34.2. The lowest BCUT2D eigenvalue weighted by Gasteiger charge is -2.12. The summed E-state index contributed by atoms with van der Waals surface area (Å²) in [5.41, 5.74) is 3.93. The van der Waals surface area contributed by atoms with Gasteiger partial charge in [0.25, 0.3) is 5.91 Å². The highest BCUT2D eigenvalue weighted by molar-refractivity contribution is 7.13. The average molecular weight is 472 g/mol. The van der Waals surface area contributed by atoms with Gasteiger partial charge in [0.2, 0.25) is 17.8 Å². The van der Waals surface area contributed by atoms with E-state index in [-0.39, 0.29) is 18.2 Å². The maximum atomic E-state index is 12.0. The Kier molecular flexibility index (Phi) is 5.06. The van der Waals surface area contributed by atoms with Crippen molar-refractivity contribution in [2.75, 3.05) is 10.6 Å². The number of fused-ring (bicyclic) bond motifs is 1. The smallest absolute Gasteiger partial charge is 0.254 e. The quantitative estimate of drug-likeness (QED) is 0.279. The average Bonchev–Trinajstić information content (AvgIpc) is 3.20. The zero-order valence-electron chi connectivity index (χ0n) is 18.1.